The molecule has 0 saturated heterocycles. The smallest absolute Gasteiger partial charge is 0.198 e. The van der Waals surface area contributed by atoms with Crippen LogP contribution in [0.1, 0.15) is 0 Å². The van der Waals surface area contributed by atoms with Crippen LogP contribution in [0.2, 0.25) is 0 Å². The van der Waals surface area contributed by atoms with Crippen LogP contribution in [0.5, 0.6) is 0 Å². The Morgan fingerprint density at radius 2 is 1.62 bits per heavy atom. The number of nitrogens with one attached hydrogen (secondary N) is 3. The lowest BCUT2D eigenvalue weighted by Crippen LogP contribution is -1.61. The Morgan fingerprint density at radius 1 is 1.25 bits per heavy atom. The first-order valence-electron chi connectivity index (χ1n) is 1.74. The Balaban J connectivity index is 0.000000145. The molecule has 3 N–H and O–H groups in total. The van der Waals surface area contributed by atoms with Crippen molar-refractivity contribution in [1.82, 2.24) is 20.3 Å². The molecule has 1 heterocycles. The van der Waals surface area contributed by atoms with Gasteiger partial charge in [0.25, 0.3) is 0 Å². The molecule has 0 amide bonds. The van der Waals surface area contributed by atoms with Crippen molar-refractivity contribution in [3.8, 4) is 0 Å². The summed E-state index contributed by atoms with van der Waals surface area (Å²) in [4.78, 5) is 2.00. The lowest BCUT2D eigenvalue weighted by Gasteiger charge is -1.48. The summed E-state index contributed by atoms with van der Waals surface area (Å²) in [5.74, 6) is 0. The molecule has 8 heavy (non-hydrogen) atoms. The molecule has 0 aliphatic heterocycles. The molecular formula is C2H5N6+. The van der Waals surface area contributed by atoms with E-state index in [1.807, 2.05) is 4.91 Å². The zero-order valence-electron chi connectivity index (χ0n) is 4.00. The molecule has 0 aliphatic carbocycles. The molecule has 0 aromatic carbocycles. The van der Waals surface area contributed by atoms with E-state index >= 15 is 0 Å². The second-order valence-corrected chi connectivity index (χ2v) is 0.768. The molecule has 0 saturated carbocycles. The summed E-state index contributed by atoms with van der Waals surface area (Å²) >= 11 is 0. The van der Waals surface area contributed by atoms with Gasteiger partial charge in [-0.25, -0.2) is 0 Å². The van der Waals surface area contributed by atoms with Gasteiger partial charge in [0.1, 0.15) is 11.1 Å². The summed E-state index contributed by atoms with van der Waals surface area (Å²) in [6.07, 6.45) is 3.17. The first-order valence-corrected chi connectivity index (χ1v) is 1.74. The molecule has 6 heteroatoms. The number of aromatic amines is 1. The van der Waals surface area contributed by atoms with E-state index in [-0.39, 0.29) is 0 Å². The van der Waals surface area contributed by atoms with E-state index in [9.17, 15) is 0 Å². The largest absolute Gasteiger partial charge is 0.211 e. The van der Waals surface area contributed by atoms with Crippen LogP contribution in [0, 0.1) is 11.1 Å². The predicted molar refractivity (Wildman–Crippen MR) is 24.0 cm³/mol. The molecule has 0 radical (unpaired) electrons. The minimum atomic E-state index is 1.58. The Kier molecular flexibility index (Phi) is 4.39. The summed E-state index contributed by atoms with van der Waals surface area (Å²) in [5, 5.41) is 9.33. The normalized spacial score (nSPS) is 6.00. The highest BCUT2D eigenvalue weighted by molar-refractivity contribution is 4.54. The maximum Gasteiger partial charge on any atom is 0.211 e. The predicted octanol–water partition coefficient (Wildman–Crippen LogP) is -0.0798. The lowest BCUT2D eigenvalue weighted by atomic mass is 11.0. The van der Waals surface area contributed by atoms with Crippen molar-refractivity contribution in [3.63, 3.8) is 0 Å². The molecule has 0 bridgehead atoms. The summed E-state index contributed by atoms with van der Waals surface area (Å²) < 4.78 is 0. The molecule has 0 atom stereocenters. The number of aromatic nitrogens is 3. The SMILES string of the molecule is N=[N+]=N.c1cn[nH]n1. The fourth-order valence-corrected chi connectivity index (χ4v) is 0.167. The summed E-state index contributed by atoms with van der Waals surface area (Å²) in [6.45, 7) is 0. The molecule has 42 valence electrons. The van der Waals surface area contributed by atoms with Crippen molar-refractivity contribution < 1.29 is 0 Å². The molecular weight excluding hydrogens is 108 g/mol. The first kappa shape index (κ1) is 6.45. The highest BCUT2D eigenvalue weighted by Crippen LogP contribution is 1.55. The summed E-state index contributed by atoms with van der Waals surface area (Å²) in [6, 6.07) is 0. The molecule has 0 fully saturated rings. The monoisotopic (exact) mass is 113 g/mol. The van der Waals surface area contributed by atoms with Crippen molar-refractivity contribution >= 4 is 0 Å². The third-order valence-electron chi connectivity index (χ3n) is 0.331. The third-order valence-corrected chi connectivity index (χ3v) is 0.331. The Bertz CT molecular complexity index is 118. The third kappa shape index (κ3) is 4.45. The maximum absolute atomic E-state index is 5.50. The van der Waals surface area contributed by atoms with Gasteiger partial charge in [-0.2, -0.15) is 15.4 Å². The number of hydrogen-bond donors (Lipinski definition) is 3. The molecule has 0 spiro atoms. The average molecular weight is 113 g/mol. The van der Waals surface area contributed by atoms with Crippen molar-refractivity contribution in [2.75, 3.05) is 0 Å². The number of nitrogens with zero attached hydrogens (tertiary/aromatic N) is 3. The van der Waals surface area contributed by atoms with Crippen LogP contribution < -0.4 is 4.91 Å². The minimum absolute atomic E-state index is 1.58. The Morgan fingerprint density at radius 3 is 1.75 bits per heavy atom. The topological polar surface area (TPSA) is 103 Å². The Labute approximate surface area is 44.9 Å². The molecule has 6 nitrogen and oxygen atoms in total. The number of H-pyrrole nitrogens is 1. The van der Waals surface area contributed by atoms with E-state index < -0.39 is 0 Å². The van der Waals surface area contributed by atoms with Gasteiger partial charge in [0, 0.05) is 0 Å². The van der Waals surface area contributed by atoms with Gasteiger partial charge < -0.3 is 0 Å². The number of rotatable bonds is 0. The van der Waals surface area contributed by atoms with E-state index in [1.54, 1.807) is 12.4 Å². The highest BCUT2D eigenvalue weighted by atomic mass is 15.3. The molecule has 1 aromatic rings. The molecule has 1 aromatic heterocycles. The van der Waals surface area contributed by atoms with Gasteiger partial charge in [-0.3, -0.25) is 0 Å². The summed E-state index contributed by atoms with van der Waals surface area (Å²) in [7, 11) is 0. The van der Waals surface area contributed by atoms with E-state index in [4.69, 9.17) is 11.1 Å². The fourth-order valence-electron chi connectivity index (χ4n) is 0.167. The van der Waals surface area contributed by atoms with Crippen molar-refractivity contribution in [2.24, 2.45) is 0 Å². The second kappa shape index (κ2) is 5.45. The lowest BCUT2D eigenvalue weighted by molar-refractivity contribution is 0.928. The van der Waals surface area contributed by atoms with Crippen molar-refractivity contribution in [2.45, 2.75) is 0 Å². The second-order valence-electron chi connectivity index (χ2n) is 0.768. The van der Waals surface area contributed by atoms with Crippen LogP contribution in [0.3, 0.4) is 0 Å². The van der Waals surface area contributed by atoms with E-state index in [0.29, 0.717) is 0 Å². The van der Waals surface area contributed by atoms with Gasteiger partial charge in [0.05, 0.1) is 12.4 Å². The number of hydrogen-bond acceptors (Lipinski definition) is 4. The quantitative estimate of drug-likeness (QED) is 0.323. The van der Waals surface area contributed by atoms with Gasteiger partial charge >= 0.3 is 0 Å². The Hall–Kier alpha value is -1.55. The van der Waals surface area contributed by atoms with Gasteiger partial charge in [0.15, 0.2) is 0 Å². The highest BCUT2D eigenvalue weighted by Gasteiger charge is 1.57. The van der Waals surface area contributed by atoms with Crippen LogP contribution in [0.15, 0.2) is 12.4 Å². The van der Waals surface area contributed by atoms with Crippen LogP contribution in [-0.2, 0) is 0 Å². The van der Waals surface area contributed by atoms with Crippen LogP contribution >= 0.6 is 0 Å². The van der Waals surface area contributed by atoms with Crippen LogP contribution in [0.25, 0.3) is 0 Å². The fraction of sp³-hybridized carbons (Fsp3) is 0. The van der Waals surface area contributed by atoms with Gasteiger partial charge in [-0.15, -0.1) is 0 Å². The van der Waals surface area contributed by atoms with Gasteiger partial charge in [-0.05, 0) is 0 Å². The van der Waals surface area contributed by atoms with Crippen molar-refractivity contribution in [3.05, 3.63) is 12.4 Å². The van der Waals surface area contributed by atoms with Crippen LogP contribution in [0.4, 0.5) is 0 Å². The molecule has 0 aliphatic rings. The van der Waals surface area contributed by atoms with E-state index in [0.717, 1.165) is 0 Å². The van der Waals surface area contributed by atoms with E-state index in [2.05, 4.69) is 15.4 Å². The maximum atomic E-state index is 5.50. The van der Waals surface area contributed by atoms with E-state index in [1.165, 1.54) is 0 Å². The zero-order chi connectivity index (χ0) is 6.24. The van der Waals surface area contributed by atoms with Crippen molar-refractivity contribution in [1.29, 1.82) is 11.1 Å². The standard InChI is InChI=1S/C2H3N3.H2N3/c1-2-4-5-3-1;1-3-2/h1-2H,(H,3,4,5);1-2H/q;+1. The average Bonchev–Trinajstić information content (AvgIpc) is 2.17. The van der Waals surface area contributed by atoms with Gasteiger partial charge in [-0.1, -0.05) is 0 Å². The van der Waals surface area contributed by atoms with Crippen LogP contribution in [-0.4, -0.2) is 15.4 Å². The molecule has 0 unspecified atom stereocenters. The molecule has 1 rings (SSSR count). The van der Waals surface area contributed by atoms with Gasteiger partial charge in [0.2, 0.25) is 4.91 Å². The zero-order valence-corrected chi connectivity index (χ0v) is 4.00. The summed E-state index contributed by atoms with van der Waals surface area (Å²) in [5.41, 5.74) is 11.0. The minimum Gasteiger partial charge on any atom is -0.198 e. The first-order chi connectivity index (χ1) is 3.91.